The Morgan fingerprint density at radius 1 is 1.11 bits per heavy atom. The molecule has 0 atom stereocenters. The van der Waals surface area contributed by atoms with E-state index in [1.165, 1.54) is 5.56 Å². The summed E-state index contributed by atoms with van der Waals surface area (Å²) in [6.07, 6.45) is 0.961. The Balaban J connectivity index is 1.65. The predicted octanol–water partition coefficient (Wildman–Crippen LogP) is 4.69. The van der Waals surface area contributed by atoms with Gasteiger partial charge in [-0.15, -0.1) is 0 Å². The maximum Gasteiger partial charge on any atom is 0.274 e. The molecule has 27 heavy (non-hydrogen) atoms. The molecule has 2 aromatic carbocycles. The summed E-state index contributed by atoms with van der Waals surface area (Å²) in [5.41, 5.74) is 4.37. The van der Waals surface area contributed by atoms with E-state index in [-0.39, 0.29) is 5.91 Å². The number of hydrogen-bond donors (Lipinski definition) is 1. The molecule has 0 fully saturated rings. The van der Waals surface area contributed by atoms with Gasteiger partial charge in [0.05, 0.1) is 0 Å². The lowest BCUT2D eigenvalue weighted by molar-refractivity contribution is 0.102. The number of anilines is 3. The van der Waals surface area contributed by atoms with Gasteiger partial charge in [-0.25, -0.2) is 9.97 Å². The number of carbonyl (C=O) groups is 1. The highest BCUT2D eigenvalue weighted by Gasteiger charge is 2.22. The molecular formula is C21H19ClN4O. The van der Waals surface area contributed by atoms with E-state index >= 15 is 0 Å². The number of carbonyl (C=O) groups excluding carboxylic acids is 1. The van der Waals surface area contributed by atoms with E-state index < -0.39 is 0 Å². The molecule has 0 spiro atoms. The number of hydrogen-bond acceptors (Lipinski definition) is 4. The van der Waals surface area contributed by atoms with Crippen LogP contribution in [0.25, 0.3) is 0 Å². The summed E-state index contributed by atoms with van der Waals surface area (Å²) < 4.78 is 0. The van der Waals surface area contributed by atoms with E-state index in [9.17, 15) is 4.79 Å². The van der Waals surface area contributed by atoms with Gasteiger partial charge in [-0.05, 0) is 49.6 Å². The van der Waals surface area contributed by atoms with Gasteiger partial charge in [0, 0.05) is 29.0 Å². The number of amides is 1. The average Bonchev–Trinajstić information content (AvgIpc) is 3.08. The highest BCUT2D eigenvalue weighted by Crippen LogP contribution is 2.33. The first-order valence-corrected chi connectivity index (χ1v) is 9.18. The van der Waals surface area contributed by atoms with Gasteiger partial charge >= 0.3 is 0 Å². The van der Waals surface area contributed by atoms with Gasteiger partial charge in [0.1, 0.15) is 17.3 Å². The molecule has 1 aliphatic rings. The number of nitrogens with one attached hydrogen (secondary N) is 1. The minimum absolute atomic E-state index is 0.278. The monoisotopic (exact) mass is 378 g/mol. The van der Waals surface area contributed by atoms with Crippen LogP contribution in [0, 0.1) is 13.8 Å². The number of aryl methyl sites for hydroxylation is 2. The van der Waals surface area contributed by atoms with Crippen LogP contribution in [0.4, 0.5) is 17.2 Å². The summed E-state index contributed by atoms with van der Waals surface area (Å²) in [4.78, 5) is 23.8. The second kappa shape index (κ2) is 7.00. The second-order valence-electron chi connectivity index (χ2n) is 6.60. The predicted molar refractivity (Wildman–Crippen MR) is 108 cm³/mol. The Morgan fingerprint density at radius 3 is 2.78 bits per heavy atom. The second-order valence-corrected chi connectivity index (χ2v) is 7.04. The highest BCUT2D eigenvalue weighted by molar-refractivity contribution is 6.31. The molecule has 2 heterocycles. The fourth-order valence-electron chi connectivity index (χ4n) is 3.30. The zero-order valence-electron chi connectivity index (χ0n) is 15.2. The normalized spacial score (nSPS) is 12.8. The van der Waals surface area contributed by atoms with E-state index in [2.05, 4.69) is 32.3 Å². The van der Waals surface area contributed by atoms with Crippen LogP contribution in [-0.2, 0) is 6.42 Å². The van der Waals surface area contributed by atoms with Crippen molar-refractivity contribution in [1.82, 2.24) is 9.97 Å². The van der Waals surface area contributed by atoms with Crippen LogP contribution in [0.1, 0.15) is 27.4 Å². The fourth-order valence-corrected chi connectivity index (χ4v) is 3.47. The molecule has 136 valence electrons. The summed E-state index contributed by atoms with van der Waals surface area (Å²) in [5.74, 6) is 1.02. The fraction of sp³-hybridized carbons (Fsp3) is 0.190. The van der Waals surface area contributed by atoms with Gasteiger partial charge in [-0.1, -0.05) is 35.9 Å². The number of fused-ring (bicyclic) bond motifs is 1. The van der Waals surface area contributed by atoms with Crippen molar-refractivity contribution in [3.05, 3.63) is 76.2 Å². The topological polar surface area (TPSA) is 58.1 Å². The number of halogens is 1. The first-order valence-electron chi connectivity index (χ1n) is 8.80. The maximum atomic E-state index is 12.8. The molecule has 1 amide bonds. The SMILES string of the molecule is Cc1nc(C(=O)Nc2cc(Cl)ccc2C)cc(N2CCc3ccccc32)n1. The Hall–Kier alpha value is -2.92. The molecule has 1 aromatic heterocycles. The zero-order valence-corrected chi connectivity index (χ0v) is 15.9. The summed E-state index contributed by atoms with van der Waals surface area (Å²) in [6, 6.07) is 15.4. The minimum Gasteiger partial charge on any atom is -0.326 e. The molecule has 6 heteroatoms. The molecule has 1 aliphatic heterocycles. The molecule has 0 aliphatic carbocycles. The van der Waals surface area contributed by atoms with Crippen molar-refractivity contribution in [3.8, 4) is 0 Å². The standard InChI is InChI=1S/C21H19ClN4O/c1-13-7-8-16(22)11-17(13)25-21(27)18-12-20(24-14(2)23-18)26-10-9-15-5-3-4-6-19(15)26/h3-8,11-12H,9-10H2,1-2H3,(H,25,27). The lowest BCUT2D eigenvalue weighted by Crippen LogP contribution is -2.20. The Morgan fingerprint density at radius 2 is 1.93 bits per heavy atom. The van der Waals surface area contributed by atoms with Crippen LogP contribution in [0.3, 0.4) is 0 Å². The first kappa shape index (κ1) is 17.5. The molecule has 3 aromatic rings. The smallest absolute Gasteiger partial charge is 0.274 e. The maximum absolute atomic E-state index is 12.8. The molecule has 0 bridgehead atoms. The van der Waals surface area contributed by atoms with Crippen molar-refractivity contribution in [1.29, 1.82) is 0 Å². The molecule has 0 saturated carbocycles. The molecule has 1 N–H and O–H groups in total. The first-order chi connectivity index (χ1) is 13.0. The minimum atomic E-state index is -0.278. The van der Waals surface area contributed by atoms with Crippen molar-refractivity contribution in [3.63, 3.8) is 0 Å². The largest absolute Gasteiger partial charge is 0.326 e. The molecule has 0 saturated heterocycles. The number of nitrogens with zero attached hydrogens (tertiary/aromatic N) is 3. The van der Waals surface area contributed by atoms with Gasteiger partial charge in [-0.3, -0.25) is 4.79 Å². The quantitative estimate of drug-likeness (QED) is 0.718. The lowest BCUT2D eigenvalue weighted by atomic mass is 10.2. The summed E-state index contributed by atoms with van der Waals surface area (Å²) in [5, 5.41) is 3.47. The van der Waals surface area contributed by atoms with Crippen molar-refractivity contribution >= 4 is 34.7 Å². The lowest BCUT2D eigenvalue weighted by Gasteiger charge is -2.19. The zero-order chi connectivity index (χ0) is 19.0. The van der Waals surface area contributed by atoms with Gasteiger partial charge in [0.25, 0.3) is 5.91 Å². The highest BCUT2D eigenvalue weighted by atomic mass is 35.5. The van der Waals surface area contributed by atoms with E-state index in [1.54, 1.807) is 25.1 Å². The van der Waals surface area contributed by atoms with E-state index in [0.29, 0.717) is 22.2 Å². The van der Waals surface area contributed by atoms with E-state index in [4.69, 9.17) is 11.6 Å². The van der Waals surface area contributed by atoms with Gasteiger partial charge in [0.2, 0.25) is 0 Å². The number of para-hydroxylation sites is 1. The molecule has 0 unspecified atom stereocenters. The van der Waals surface area contributed by atoms with Crippen LogP contribution in [0.5, 0.6) is 0 Å². The van der Waals surface area contributed by atoms with Crippen molar-refractivity contribution < 1.29 is 4.79 Å². The third-order valence-electron chi connectivity index (χ3n) is 4.67. The Bertz CT molecular complexity index is 1030. The van der Waals surface area contributed by atoms with Gasteiger partial charge in [0.15, 0.2) is 0 Å². The summed E-state index contributed by atoms with van der Waals surface area (Å²) in [7, 11) is 0. The summed E-state index contributed by atoms with van der Waals surface area (Å²) >= 11 is 6.05. The van der Waals surface area contributed by atoms with Gasteiger partial charge in [-0.2, -0.15) is 0 Å². The number of rotatable bonds is 3. The Labute approximate surface area is 163 Å². The van der Waals surface area contributed by atoms with Crippen LogP contribution < -0.4 is 10.2 Å². The van der Waals surface area contributed by atoms with Gasteiger partial charge < -0.3 is 10.2 Å². The molecule has 0 radical (unpaired) electrons. The van der Waals surface area contributed by atoms with Crippen LogP contribution in [0.15, 0.2) is 48.5 Å². The molecule has 5 nitrogen and oxygen atoms in total. The third kappa shape index (κ3) is 3.51. The Kier molecular flexibility index (Phi) is 4.54. The van der Waals surface area contributed by atoms with Crippen molar-refractivity contribution in [2.75, 3.05) is 16.8 Å². The van der Waals surface area contributed by atoms with Crippen molar-refractivity contribution in [2.45, 2.75) is 20.3 Å². The van der Waals surface area contributed by atoms with E-state index in [1.807, 2.05) is 25.1 Å². The van der Waals surface area contributed by atoms with Crippen LogP contribution >= 0.6 is 11.6 Å². The molecular weight excluding hydrogens is 360 g/mol. The average molecular weight is 379 g/mol. The number of benzene rings is 2. The summed E-state index contributed by atoms with van der Waals surface area (Å²) in [6.45, 7) is 4.56. The van der Waals surface area contributed by atoms with E-state index in [0.717, 1.165) is 30.0 Å². The third-order valence-corrected chi connectivity index (χ3v) is 4.90. The van der Waals surface area contributed by atoms with Crippen LogP contribution in [0.2, 0.25) is 5.02 Å². The van der Waals surface area contributed by atoms with Crippen LogP contribution in [-0.4, -0.2) is 22.4 Å². The molecule has 4 rings (SSSR count). The number of aromatic nitrogens is 2. The van der Waals surface area contributed by atoms with Crippen molar-refractivity contribution in [2.24, 2.45) is 0 Å².